The third kappa shape index (κ3) is 6.62. The molecular formula is C34H43N3O3. The largest absolute Gasteiger partial charge is 0.508 e. The summed E-state index contributed by atoms with van der Waals surface area (Å²) in [5.74, 6) is -0.625. The second-order valence-corrected chi connectivity index (χ2v) is 12.0. The van der Waals surface area contributed by atoms with Crippen LogP contribution in [0.15, 0.2) is 79.4 Å². The van der Waals surface area contributed by atoms with Crippen molar-refractivity contribution in [1.29, 1.82) is 0 Å². The number of nitrogens with one attached hydrogen (secondary N) is 2. The Kier molecular flexibility index (Phi) is 8.95. The lowest BCUT2D eigenvalue weighted by Gasteiger charge is -2.33. The lowest BCUT2D eigenvalue weighted by atomic mass is 9.78. The number of phenolic OH excluding ortho intramolecular Hbond substituents is 1. The minimum atomic E-state index is -0.587. The van der Waals surface area contributed by atoms with E-state index in [1.807, 2.05) is 77.1 Å². The molecule has 0 aliphatic rings. The Hall–Kier alpha value is -3.90. The summed E-state index contributed by atoms with van der Waals surface area (Å²) in [6.45, 7) is 17.9. The molecule has 0 aromatic heterocycles. The maximum atomic E-state index is 13.0. The molecule has 212 valence electrons. The topological polar surface area (TPSA) is 104 Å². The van der Waals surface area contributed by atoms with Crippen molar-refractivity contribution in [2.45, 2.75) is 71.9 Å². The number of anilines is 2. The number of phenols is 1. The van der Waals surface area contributed by atoms with Gasteiger partial charge in [-0.3, -0.25) is 9.59 Å². The molecule has 0 aliphatic carbocycles. The highest BCUT2D eigenvalue weighted by molar-refractivity contribution is 6.07. The number of Topliss-reactive ketones (excluding diaryl/α,β-unsaturated/α-hetero) is 1. The first-order valence-electron chi connectivity index (χ1n) is 13.7. The summed E-state index contributed by atoms with van der Waals surface area (Å²) in [5, 5.41) is 16.5. The first-order valence-corrected chi connectivity index (χ1v) is 13.7. The normalized spacial score (nSPS) is 14.1. The maximum absolute atomic E-state index is 13.0. The summed E-state index contributed by atoms with van der Waals surface area (Å²) < 4.78 is 0. The zero-order valence-electron chi connectivity index (χ0n) is 24.8. The Labute approximate surface area is 238 Å². The first-order chi connectivity index (χ1) is 18.6. The van der Waals surface area contributed by atoms with E-state index >= 15 is 0 Å². The van der Waals surface area contributed by atoms with Gasteiger partial charge in [0.25, 0.3) is 5.91 Å². The van der Waals surface area contributed by atoms with E-state index in [2.05, 4.69) is 43.2 Å². The van der Waals surface area contributed by atoms with Crippen molar-refractivity contribution >= 4 is 23.1 Å². The standard InChI is InChI=1S/C34H43N3O3/c1-9-32(4,5)30(39)23-19-24(21-29(38)20-23)31(40)36-27-15-11-25(12-16-27)33(6,7)26-13-17-28(18-14-26)37-34(8,10-2)22(3)35/h10-22,37-38H,2,9,35H2,1,3-8H3,(H,36,40). The number of carbonyl (C=O) groups excluding carboxylic acids is 2. The average molecular weight is 542 g/mol. The van der Waals surface area contributed by atoms with Crippen LogP contribution in [0.4, 0.5) is 11.4 Å². The van der Waals surface area contributed by atoms with Gasteiger partial charge in [0.2, 0.25) is 0 Å². The predicted molar refractivity (Wildman–Crippen MR) is 165 cm³/mol. The highest BCUT2D eigenvalue weighted by Crippen LogP contribution is 2.34. The van der Waals surface area contributed by atoms with E-state index in [0.717, 1.165) is 16.8 Å². The van der Waals surface area contributed by atoms with Crippen molar-refractivity contribution in [2.75, 3.05) is 10.6 Å². The van der Waals surface area contributed by atoms with E-state index in [0.29, 0.717) is 17.7 Å². The van der Waals surface area contributed by atoms with Crippen LogP contribution in [-0.4, -0.2) is 28.4 Å². The van der Waals surface area contributed by atoms with Crippen LogP contribution in [0.3, 0.4) is 0 Å². The van der Waals surface area contributed by atoms with E-state index < -0.39 is 16.9 Å². The fourth-order valence-electron chi connectivity index (χ4n) is 4.40. The Morgan fingerprint density at radius 1 is 0.900 bits per heavy atom. The zero-order valence-corrected chi connectivity index (χ0v) is 24.8. The van der Waals surface area contributed by atoms with Gasteiger partial charge in [-0.25, -0.2) is 0 Å². The second-order valence-electron chi connectivity index (χ2n) is 12.0. The maximum Gasteiger partial charge on any atom is 0.255 e. The molecule has 0 spiro atoms. The van der Waals surface area contributed by atoms with Gasteiger partial charge in [-0.15, -0.1) is 6.58 Å². The lowest BCUT2D eigenvalue weighted by Crippen LogP contribution is -2.48. The van der Waals surface area contributed by atoms with Crippen molar-refractivity contribution < 1.29 is 14.7 Å². The quantitative estimate of drug-likeness (QED) is 0.151. The molecule has 0 saturated carbocycles. The van der Waals surface area contributed by atoms with E-state index in [1.165, 1.54) is 18.2 Å². The molecule has 1 amide bonds. The van der Waals surface area contributed by atoms with Crippen molar-refractivity contribution in [3.63, 3.8) is 0 Å². The minimum Gasteiger partial charge on any atom is -0.508 e. The molecule has 5 N–H and O–H groups in total. The zero-order chi connectivity index (χ0) is 29.9. The van der Waals surface area contributed by atoms with Gasteiger partial charge in [-0.1, -0.05) is 65.0 Å². The van der Waals surface area contributed by atoms with Crippen LogP contribution in [0.1, 0.15) is 86.7 Å². The molecule has 2 atom stereocenters. The van der Waals surface area contributed by atoms with Gasteiger partial charge in [0.05, 0.1) is 5.54 Å². The molecule has 3 aromatic carbocycles. The molecule has 0 bridgehead atoms. The van der Waals surface area contributed by atoms with Gasteiger partial charge < -0.3 is 21.5 Å². The fraction of sp³-hybridized carbons (Fsp3) is 0.353. The molecule has 40 heavy (non-hydrogen) atoms. The third-order valence-corrected chi connectivity index (χ3v) is 8.20. The summed E-state index contributed by atoms with van der Waals surface area (Å²) in [6.07, 6.45) is 2.48. The number of hydrogen-bond donors (Lipinski definition) is 4. The Morgan fingerprint density at radius 2 is 1.40 bits per heavy atom. The average Bonchev–Trinajstić information content (AvgIpc) is 2.92. The second kappa shape index (κ2) is 11.7. The van der Waals surface area contributed by atoms with Crippen LogP contribution in [0, 0.1) is 5.41 Å². The highest BCUT2D eigenvalue weighted by Gasteiger charge is 2.28. The number of amides is 1. The number of benzene rings is 3. The molecule has 0 aliphatic heterocycles. The Balaban J connectivity index is 1.76. The van der Waals surface area contributed by atoms with Crippen molar-refractivity contribution in [2.24, 2.45) is 11.1 Å². The van der Waals surface area contributed by atoms with E-state index in [1.54, 1.807) is 0 Å². The minimum absolute atomic E-state index is 0.106. The summed E-state index contributed by atoms with van der Waals surface area (Å²) in [4.78, 5) is 25.9. The van der Waals surface area contributed by atoms with Gasteiger partial charge in [0.1, 0.15) is 5.75 Å². The monoisotopic (exact) mass is 541 g/mol. The Morgan fingerprint density at radius 3 is 1.88 bits per heavy atom. The van der Waals surface area contributed by atoms with E-state index in [9.17, 15) is 14.7 Å². The lowest BCUT2D eigenvalue weighted by molar-refractivity contribution is 0.0832. The Bertz CT molecular complexity index is 1370. The van der Waals surface area contributed by atoms with Gasteiger partial charge in [-0.05, 0) is 73.9 Å². The molecule has 0 fully saturated rings. The molecule has 0 radical (unpaired) electrons. The van der Waals surface area contributed by atoms with Crippen LogP contribution in [0.5, 0.6) is 5.75 Å². The number of carbonyl (C=O) groups is 2. The number of hydrogen-bond acceptors (Lipinski definition) is 5. The number of rotatable bonds is 11. The van der Waals surface area contributed by atoms with Crippen molar-refractivity contribution in [1.82, 2.24) is 0 Å². The van der Waals surface area contributed by atoms with Crippen LogP contribution < -0.4 is 16.4 Å². The SMILES string of the molecule is C=CC(C)(Nc1ccc(C(C)(C)c2ccc(NC(=O)c3cc(O)cc(C(=O)C(C)(C)CC)c3)cc2)cc1)C(C)N. The summed E-state index contributed by atoms with van der Waals surface area (Å²) in [5.41, 5.74) is 9.22. The third-order valence-electron chi connectivity index (χ3n) is 8.20. The molecule has 3 rings (SSSR count). The van der Waals surface area contributed by atoms with Gasteiger partial charge in [-0.2, -0.15) is 0 Å². The molecule has 0 heterocycles. The molecular weight excluding hydrogens is 498 g/mol. The van der Waals surface area contributed by atoms with Gasteiger partial charge in [0, 0.05) is 39.4 Å². The van der Waals surface area contributed by atoms with E-state index in [4.69, 9.17) is 5.73 Å². The molecule has 2 unspecified atom stereocenters. The van der Waals surface area contributed by atoms with Crippen LogP contribution in [0.25, 0.3) is 0 Å². The van der Waals surface area contributed by atoms with Crippen LogP contribution in [-0.2, 0) is 5.41 Å². The summed E-state index contributed by atoms with van der Waals surface area (Å²) >= 11 is 0. The van der Waals surface area contributed by atoms with Gasteiger partial charge >= 0.3 is 0 Å². The number of aromatic hydroxyl groups is 1. The number of ketones is 1. The molecule has 6 heteroatoms. The van der Waals surface area contributed by atoms with Crippen molar-refractivity contribution in [3.8, 4) is 5.75 Å². The van der Waals surface area contributed by atoms with Gasteiger partial charge in [0.15, 0.2) is 5.78 Å². The highest BCUT2D eigenvalue weighted by atomic mass is 16.3. The number of nitrogens with two attached hydrogens (primary N) is 1. The summed E-state index contributed by atoms with van der Waals surface area (Å²) in [6, 6.07) is 20.2. The van der Waals surface area contributed by atoms with Crippen LogP contribution in [0.2, 0.25) is 0 Å². The first kappa shape index (κ1) is 30.6. The predicted octanol–water partition coefficient (Wildman–Crippen LogP) is 7.29. The van der Waals surface area contributed by atoms with Crippen molar-refractivity contribution in [3.05, 3.63) is 102 Å². The molecule has 0 saturated heterocycles. The van der Waals surface area contributed by atoms with Crippen LogP contribution >= 0.6 is 0 Å². The smallest absolute Gasteiger partial charge is 0.255 e. The van der Waals surface area contributed by atoms with E-state index in [-0.39, 0.29) is 28.6 Å². The fourth-order valence-corrected chi connectivity index (χ4v) is 4.40. The molecule has 6 nitrogen and oxygen atoms in total. The summed E-state index contributed by atoms with van der Waals surface area (Å²) in [7, 11) is 0. The molecule has 3 aromatic rings.